The Bertz CT molecular complexity index is 662. The van der Waals surface area contributed by atoms with Crippen molar-refractivity contribution in [3.8, 4) is 5.75 Å². The zero-order valence-electron chi connectivity index (χ0n) is 10.6. The summed E-state index contributed by atoms with van der Waals surface area (Å²) in [5.41, 5.74) is 7.24. The molecule has 0 radical (unpaired) electrons. The second kappa shape index (κ2) is 6.15. The molecule has 0 saturated carbocycles. The molecule has 20 heavy (non-hydrogen) atoms. The first-order valence-corrected chi connectivity index (χ1v) is 6.89. The fraction of sp³-hybridized carbons (Fsp3) is 0.0714. The number of methoxy groups -OCH3 is 1. The van der Waals surface area contributed by atoms with Crippen LogP contribution >= 0.6 is 27.5 Å². The molecule has 0 heterocycles. The first-order valence-electron chi connectivity index (χ1n) is 5.72. The van der Waals surface area contributed by atoms with Crippen LogP contribution < -0.4 is 15.8 Å². The van der Waals surface area contributed by atoms with E-state index in [0.717, 1.165) is 0 Å². The monoisotopic (exact) mass is 354 g/mol. The Morgan fingerprint density at radius 1 is 1.35 bits per heavy atom. The number of ether oxygens (including phenoxy) is 1. The zero-order chi connectivity index (χ0) is 14.7. The van der Waals surface area contributed by atoms with Crippen LogP contribution in [0, 0.1) is 0 Å². The number of carbonyl (C=O) groups is 1. The van der Waals surface area contributed by atoms with Crippen molar-refractivity contribution in [3.05, 3.63) is 51.5 Å². The molecule has 0 aliphatic rings. The Kier molecular flexibility index (Phi) is 4.52. The highest BCUT2D eigenvalue weighted by molar-refractivity contribution is 9.10. The predicted molar refractivity (Wildman–Crippen MR) is 84.5 cm³/mol. The predicted octanol–water partition coefficient (Wildman–Crippen LogP) is 3.95. The molecule has 6 heteroatoms. The molecule has 1 amide bonds. The zero-order valence-corrected chi connectivity index (χ0v) is 13.0. The number of rotatable bonds is 3. The lowest BCUT2D eigenvalue weighted by Gasteiger charge is -2.10. The third kappa shape index (κ3) is 3.05. The average molecular weight is 356 g/mol. The van der Waals surface area contributed by atoms with Gasteiger partial charge in [-0.1, -0.05) is 17.7 Å². The van der Waals surface area contributed by atoms with Gasteiger partial charge in [-0.15, -0.1) is 0 Å². The van der Waals surface area contributed by atoms with Crippen LogP contribution in [0.4, 0.5) is 11.4 Å². The summed E-state index contributed by atoms with van der Waals surface area (Å²) in [6.45, 7) is 0. The molecule has 0 saturated heterocycles. The number of nitrogens with one attached hydrogen (secondary N) is 1. The molecule has 0 aliphatic heterocycles. The van der Waals surface area contributed by atoms with Crippen LogP contribution in [0.25, 0.3) is 0 Å². The fourth-order valence-electron chi connectivity index (χ4n) is 1.65. The minimum absolute atomic E-state index is 0.272. The highest BCUT2D eigenvalue weighted by atomic mass is 79.9. The van der Waals surface area contributed by atoms with Crippen LogP contribution in [0.5, 0.6) is 5.75 Å². The molecule has 0 bridgehead atoms. The number of hydrogen-bond donors (Lipinski definition) is 2. The molecule has 0 atom stereocenters. The van der Waals surface area contributed by atoms with E-state index in [-0.39, 0.29) is 5.91 Å². The van der Waals surface area contributed by atoms with Crippen molar-refractivity contribution in [1.29, 1.82) is 0 Å². The van der Waals surface area contributed by atoms with E-state index in [1.165, 1.54) is 7.11 Å². The van der Waals surface area contributed by atoms with Crippen molar-refractivity contribution in [2.45, 2.75) is 0 Å². The summed E-state index contributed by atoms with van der Waals surface area (Å²) in [4.78, 5) is 12.2. The van der Waals surface area contributed by atoms with E-state index in [2.05, 4.69) is 21.2 Å². The summed E-state index contributed by atoms with van der Waals surface area (Å²) in [5.74, 6) is 0.189. The first-order chi connectivity index (χ1) is 9.52. The van der Waals surface area contributed by atoms with E-state index in [1.807, 2.05) is 0 Å². The topological polar surface area (TPSA) is 64.3 Å². The Hall–Kier alpha value is -1.72. The number of hydrogen-bond acceptors (Lipinski definition) is 3. The Labute approximate surface area is 130 Å². The molecule has 0 aliphatic carbocycles. The van der Waals surface area contributed by atoms with Crippen LogP contribution in [0.1, 0.15) is 10.4 Å². The number of benzene rings is 2. The molecule has 0 spiro atoms. The molecule has 3 N–H and O–H groups in total. The highest BCUT2D eigenvalue weighted by Crippen LogP contribution is 2.30. The summed E-state index contributed by atoms with van der Waals surface area (Å²) in [7, 11) is 1.50. The van der Waals surface area contributed by atoms with Gasteiger partial charge in [0, 0.05) is 5.56 Å². The minimum atomic E-state index is -0.272. The van der Waals surface area contributed by atoms with Gasteiger partial charge in [0.05, 0.1) is 28.0 Å². The fourth-order valence-corrected chi connectivity index (χ4v) is 2.19. The summed E-state index contributed by atoms with van der Waals surface area (Å²) < 4.78 is 5.73. The van der Waals surface area contributed by atoms with Gasteiger partial charge in [0.15, 0.2) is 0 Å². The second-order valence-corrected chi connectivity index (χ2v) is 5.21. The van der Waals surface area contributed by atoms with Crippen LogP contribution in [-0.4, -0.2) is 13.0 Å². The Morgan fingerprint density at radius 2 is 2.10 bits per heavy atom. The number of nitrogens with two attached hydrogens (primary N) is 1. The van der Waals surface area contributed by atoms with E-state index < -0.39 is 0 Å². The van der Waals surface area contributed by atoms with Gasteiger partial charge in [0.2, 0.25) is 0 Å². The molecular formula is C14H12BrClN2O2. The standard InChI is InChI=1S/C14H12BrClN2O2/c1-20-12-7-8(5-6-10(12)17)14(19)18-11-4-2-3-9(16)13(11)15/h2-7H,17H2,1H3,(H,18,19). The van der Waals surface area contributed by atoms with Crippen molar-refractivity contribution in [1.82, 2.24) is 0 Å². The molecule has 2 aromatic carbocycles. The minimum Gasteiger partial charge on any atom is -0.495 e. The van der Waals surface area contributed by atoms with Gasteiger partial charge < -0.3 is 15.8 Å². The molecule has 2 aromatic rings. The maximum absolute atomic E-state index is 12.2. The normalized spacial score (nSPS) is 10.2. The van der Waals surface area contributed by atoms with E-state index in [1.54, 1.807) is 36.4 Å². The van der Waals surface area contributed by atoms with Gasteiger partial charge >= 0.3 is 0 Å². The summed E-state index contributed by atoms with van der Waals surface area (Å²) in [6.07, 6.45) is 0. The molecule has 4 nitrogen and oxygen atoms in total. The van der Waals surface area contributed by atoms with Crippen molar-refractivity contribution >= 4 is 44.8 Å². The number of nitrogen functional groups attached to an aromatic ring is 1. The van der Waals surface area contributed by atoms with Gasteiger partial charge in [0.25, 0.3) is 5.91 Å². The number of carbonyl (C=O) groups excluding carboxylic acids is 1. The van der Waals surface area contributed by atoms with Gasteiger partial charge in [-0.2, -0.15) is 0 Å². The smallest absolute Gasteiger partial charge is 0.255 e. The molecule has 2 rings (SSSR count). The third-order valence-corrected chi connectivity index (χ3v) is 4.09. The van der Waals surface area contributed by atoms with Crippen LogP contribution in [0.2, 0.25) is 5.02 Å². The van der Waals surface area contributed by atoms with Crippen molar-refractivity contribution < 1.29 is 9.53 Å². The van der Waals surface area contributed by atoms with E-state index in [4.69, 9.17) is 22.1 Å². The lowest BCUT2D eigenvalue weighted by Crippen LogP contribution is -2.12. The van der Waals surface area contributed by atoms with Crippen LogP contribution in [-0.2, 0) is 0 Å². The van der Waals surface area contributed by atoms with Crippen molar-refractivity contribution in [2.24, 2.45) is 0 Å². The maximum atomic E-state index is 12.2. The molecule has 0 unspecified atom stereocenters. The average Bonchev–Trinajstić information content (AvgIpc) is 2.44. The van der Waals surface area contributed by atoms with Gasteiger partial charge in [-0.25, -0.2) is 0 Å². The van der Waals surface area contributed by atoms with Gasteiger partial charge in [-0.3, -0.25) is 4.79 Å². The maximum Gasteiger partial charge on any atom is 0.255 e. The second-order valence-electron chi connectivity index (χ2n) is 4.01. The lowest BCUT2D eigenvalue weighted by atomic mass is 10.1. The lowest BCUT2D eigenvalue weighted by molar-refractivity contribution is 0.102. The SMILES string of the molecule is COc1cc(C(=O)Nc2cccc(Cl)c2Br)ccc1N. The molecule has 104 valence electrons. The van der Waals surface area contributed by atoms with Crippen LogP contribution in [0.15, 0.2) is 40.9 Å². The number of amides is 1. The molecular weight excluding hydrogens is 344 g/mol. The quantitative estimate of drug-likeness (QED) is 0.820. The van der Waals surface area contributed by atoms with Gasteiger partial charge in [-0.05, 0) is 46.3 Å². The first kappa shape index (κ1) is 14.7. The Morgan fingerprint density at radius 3 is 2.80 bits per heavy atom. The van der Waals surface area contributed by atoms with E-state index in [9.17, 15) is 4.79 Å². The van der Waals surface area contributed by atoms with Crippen molar-refractivity contribution in [2.75, 3.05) is 18.2 Å². The third-order valence-electron chi connectivity index (χ3n) is 2.70. The number of halogens is 2. The van der Waals surface area contributed by atoms with Crippen LogP contribution in [0.3, 0.4) is 0 Å². The molecule has 0 aromatic heterocycles. The van der Waals surface area contributed by atoms with Gasteiger partial charge in [0.1, 0.15) is 5.75 Å². The van der Waals surface area contributed by atoms with E-state index in [0.29, 0.717) is 32.2 Å². The Balaban J connectivity index is 2.26. The van der Waals surface area contributed by atoms with E-state index >= 15 is 0 Å². The summed E-state index contributed by atoms with van der Waals surface area (Å²) in [5, 5.41) is 3.30. The summed E-state index contributed by atoms with van der Waals surface area (Å²) in [6, 6.07) is 10.1. The number of anilines is 2. The largest absolute Gasteiger partial charge is 0.495 e. The summed E-state index contributed by atoms with van der Waals surface area (Å²) >= 11 is 9.31. The molecule has 0 fully saturated rings. The van der Waals surface area contributed by atoms with Crippen molar-refractivity contribution in [3.63, 3.8) is 0 Å². The highest BCUT2D eigenvalue weighted by Gasteiger charge is 2.11.